The van der Waals surface area contributed by atoms with E-state index in [4.69, 9.17) is 16.7 Å². The summed E-state index contributed by atoms with van der Waals surface area (Å²) in [7, 11) is 1.90. The Morgan fingerprint density at radius 1 is 1.53 bits per heavy atom. The van der Waals surface area contributed by atoms with Crippen LogP contribution in [0.3, 0.4) is 0 Å². The highest BCUT2D eigenvalue weighted by Gasteiger charge is 2.09. The SMILES string of the molecule is CNCc1c(Cl)cccc1SC(C)CO. The maximum atomic E-state index is 9.02. The molecule has 0 radical (unpaired) electrons. The lowest BCUT2D eigenvalue weighted by molar-refractivity contribution is 0.300. The number of hydrogen-bond acceptors (Lipinski definition) is 3. The van der Waals surface area contributed by atoms with Gasteiger partial charge in [0.25, 0.3) is 0 Å². The monoisotopic (exact) mass is 245 g/mol. The fourth-order valence-electron chi connectivity index (χ4n) is 1.25. The van der Waals surface area contributed by atoms with E-state index in [1.807, 2.05) is 32.2 Å². The van der Waals surface area contributed by atoms with Gasteiger partial charge in [0.05, 0.1) is 6.61 Å². The maximum absolute atomic E-state index is 9.02. The summed E-state index contributed by atoms with van der Waals surface area (Å²) in [6.45, 7) is 2.92. The van der Waals surface area contributed by atoms with Gasteiger partial charge >= 0.3 is 0 Å². The lowest BCUT2D eigenvalue weighted by Crippen LogP contribution is -2.08. The number of benzene rings is 1. The molecule has 0 aromatic heterocycles. The minimum atomic E-state index is 0.177. The van der Waals surface area contributed by atoms with E-state index in [2.05, 4.69) is 5.32 Å². The van der Waals surface area contributed by atoms with Crippen molar-refractivity contribution in [3.05, 3.63) is 28.8 Å². The summed E-state index contributed by atoms with van der Waals surface area (Å²) in [6.07, 6.45) is 0. The number of aliphatic hydroxyl groups excluding tert-OH is 1. The van der Waals surface area contributed by atoms with Crippen LogP contribution in [0.2, 0.25) is 5.02 Å². The van der Waals surface area contributed by atoms with Crippen molar-refractivity contribution in [2.75, 3.05) is 13.7 Å². The first-order valence-electron chi connectivity index (χ1n) is 4.88. The predicted molar refractivity (Wildman–Crippen MR) is 66.6 cm³/mol. The lowest BCUT2D eigenvalue weighted by atomic mass is 10.2. The average Bonchev–Trinajstić information content (AvgIpc) is 2.23. The third kappa shape index (κ3) is 3.68. The number of nitrogens with one attached hydrogen (secondary N) is 1. The molecule has 0 aliphatic carbocycles. The second kappa shape index (κ2) is 6.38. The topological polar surface area (TPSA) is 32.3 Å². The molecule has 2 N–H and O–H groups in total. The van der Waals surface area contributed by atoms with Gasteiger partial charge in [0.15, 0.2) is 0 Å². The third-order valence-corrected chi connectivity index (χ3v) is 3.56. The van der Waals surface area contributed by atoms with Crippen molar-refractivity contribution in [2.24, 2.45) is 0 Å². The number of hydrogen-bond donors (Lipinski definition) is 2. The van der Waals surface area contributed by atoms with Crippen molar-refractivity contribution in [3.8, 4) is 0 Å². The molecule has 1 unspecified atom stereocenters. The van der Waals surface area contributed by atoms with Gasteiger partial charge in [-0.3, -0.25) is 0 Å². The van der Waals surface area contributed by atoms with Crippen molar-refractivity contribution in [1.29, 1.82) is 0 Å². The Kier molecular flexibility index (Phi) is 5.47. The zero-order valence-electron chi connectivity index (χ0n) is 8.96. The van der Waals surface area contributed by atoms with Crippen molar-refractivity contribution in [3.63, 3.8) is 0 Å². The fraction of sp³-hybridized carbons (Fsp3) is 0.455. The molecule has 4 heteroatoms. The highest BCUT2D eigenvalue weighted by molar-refractivity contribution is 8.00. The molecule has 0 aliphatic heterocycles. The van der Waals surface area contributed by atoms with Gasteiger partial charge in [-0.25, -0.2) is 0 Å². The summed E-state index contributed by atoms with van der Waals surface area (Å²) < 4.78 is 0. The van der Waals surface area contributed by atoms with Gasteiger partial charge in [0.2, 0.25) is 0 Å². The van der Waals surface area contributed by atoms with Crippen molar-refractivity contribution >= 4 is 23.4 Å². The maximum Gasteiger partial charge on any atom is 0.0550 e. The molecule has 1 atom stereocenters. The standard InChI is InChI=1S/C11H16ClNOS/c1-8(7-14)15-11-5-3-4-10(12)9(11)6-13-2/h3-5,8,13-14H,6-7H2,1-2H3. The van der Waals surface area contributed by atoms with Crippen LogP contribution in [0.5, 0.6) is 0 Å². The number of halogens is 1. The molecule has 1 rings (SSSR count). The molecular weight excluding hydrogens is 230 g/mol. The van der Waals surface area contributed by atoms with E-state index in [1.54, 1.807) is 11.8 Å². The molecule has 0 fully saturated rings. The second-order valence-electron chi connectivity index (χ2n) is 3.36. The van der Waals surface area contributed by atoms with Crippen LogP contribution in [0, 0.1) is 0 Å². The third-order valence-electron chi connectivity index (χ3n) is 2.01. The first-order valence-corrected chi connectivity index (χ1v) is 6.14. The van der Waals surface area contributed by atoms with Gasteiger partial charge in [-0.2, -0.15) is 0 Å². The van der Waals surface area contributed by atoms with Gasteiger partial charge < -0.3 is 10.4 Å². The molecule has 15 heavy (non-hydrogen) atoms. The molecule has 0 bridgehead atoms. The Labute approximate surface area is 100 Å². The summed E-state index contributed by atoms with van der Waals surface area (Å²) in [6, 6.07) is 5.87. The normalized spacial score (nSPS) is 12.8. The number of rotatable bonds is 5. The summed E-state index contributed by atoms with van der Waals surface area (Å²) >= 11 is 7.77. The lowest BCUT2D eigenvalue weighted by Gasteiger charge is -2.13. The highest BCUT2D eigenvalue weighted by Crippen LogP contribution is 2.30. The van der Waals surface area contributed by atoms with Gasteiger partial charge in [-0.05, 0) is 24.7 Å². The molecule has 1 aromatic carbocycles. The van der Waals surface area contributed by atoms with Crippen LogP contribution >= 0.6 is 23.4 Å². The smallest absolute Gasteiger partial charge is 0.0550 e. The number of thioether (sulfide) groups is 1. The first kappa shape index (κ1) is 12.8. The van der Waals surface area contributed by atoms with Gasteiger partial charge in [0.1, 0.15) is 0 Å². The Morgan fingerprint density at radius 3 is 2.87 bits per heavy atom. The molecule has 0 heterocycles. The molecule has 0 spiro atoms. The molecule has 0 saturated heterocycles. The van der Waals surface area contributed by atoms with Crippen molar-refractivity contribution in [1.82, 2.24) is 5.32 Å². The molecule has 0 amide bonds. The molecule has 84 valence electrons. The quantitative estimate of drug-likeness (QED) is 0.782. The van der Waals surface area contributed by atoms with Crippen LogP contribution in [0.1, 0.15) is 12.5 Å². The van der Waals surface area contributed by atoms with E-state index in [-0.39, 0.29) is 11.9 Å². The second-order valence-corrected chi connectivity index (χ2v) is 5.25. The summed E-state index contributed by atoms with van der Waals surface area (Å²) in [4.78, 5) is 1.14. The van der Waals surface area contributed by atoms with Gasteiger partial charge in [0, 0.05) is 21.7 Å². The van der Waals surface area contributed by atoms with Gasteiger partial charge in [-0.15, -0.1) is 11.8 Å². The van der Waals surface area contributed by atoms with Gasteiger partial charge in [-0.1, -0.05) is 24.6 Å². The van der Waals surface area contributed by atoms with E-state index < -0.39 is 0 Å². The van der Waals surface area contributed by atoms with Crippen LogP contribution in [0.4, 0.5) is 0 Å². The Morgan fingerprint density at radius 2 is 2.27 bits per heavy atom. The van der Waals surface area contributed by atoms with Crippen LogP contribution in [0.25, 0.3) is 0 Å². The largest absolute Gasteiger partial charge is 0.395 e. The van der Waals surface area contributed by atoms with Crippen LogP contribution in [-0.4, -0.2) is 24.0 Å². The predicted octanol–water partition coefficient (Wildman–Crippen LogP) is 2.53. The highest BCUT2D eigenvalue weighted by atomic mass is 35.5. The zero-order valence-corrected chi connectivity index (χ0v) is 10.5. The Balaban J connectivity index is 2.89. The summed E-state index contributed by atoms with van der Waals surface area (Å²) in [5.41, 5.74) is 1.10. The fourth-order valence-corrected chi connectivity index (χ4v) is 2.54. The van der Waals surface area contributed by atoms with Crippen LogP contribution < -0.4 is 5.32 Å². The molecule has 0 aliphatic rings. The number of aliphatic hydroxyl groups is 1. The average molecular weight is 246 g/mol. The molecule has 0 saturated carbocycles. The molecule has 1 aromatic rings. The van der Waals surface area contributed by atoms with Crippen molar-refractivity contribution < 1.29 is 5.11 Å². The summed E-state index contributed by atoms with van der Waals surface area (Å²) in [5.74, 6) is 0. The molecular formula is C11H16ClNOS. The minimum Gasteiger partial charge on any atom is -0.395 e. The summed E-state index contributed by atoms with van der Waals surface area (Å²) in [5, 5.41) is 13.1. The molecule has 2 nitrogen and oxygen atoms in total. The van der Waals surface area contributed by atoms with E-state index in [1.165, 1.54) is 0 Å². The zero-order chi connectivity index (χ0) is 11.3. The Bertz CT molecular complexity index is 319. The van der Waals surface area contributed by atoms with Crippen LogP contribution in [-0.2, 0) is 6.54 Å². The van der Waals surface area contributed by atoms with Crippen molar-refractivity contribution in [2.45, 2.75) is 23.6 Å². The Hall–Kier alpha value is -0.220. The first-order chi connectivity index (χ1) is 7.19. The van der Waals surface area contributed by atoms with Crippen LogP contribution in [0.15, 0.2) is 23.1 Å². The van der Waals surface area contributed by atoms with E-state index in [9.17, 15) is 0 Å². The van der Waals surface area contributed by atoms with E-state index in [0.29, 0.717) is 0 Å². The van der Waals surface area contributed by atoms with E-state index >= 15 is 0 Å². The van der Waals surface area contributed by atoms with E-state index in [0.717, 1.165) is 22.0 Å². The minimum absolute atomic E-state index is 0.177.